The van der Waals surface area contributed by atoms with Crippen molar-refractivity contribution in [3.63, 3.8) is 0 Å². The minimum absolute atomic E-state index is 0.628. The van der Waals surface area contributed by atoms with Crippen molar-refractivity contribution >= 4 is 0 Å². The fourth-order valence-electron chi connectivity index (χ4n) is 2.33. The van der Waals surface area contributed by atoms with E-state index in [4.69, 9.17) is 10.5 Å². The Balaban J connectivity index is 2.47. The molecule has 0 fully saturated rings. The molecule has 0 aliphatic rings. The van der Waals surface area contributed by atoms with E-state index < -0.39 is 0 Å². The lowest BCUT2D eigenvalue weighted by atomic mass is 10.0. The van der Waals surface area contributed by atoms with Crippen LogP contribution >= 0.6 is 0 Å². The van der Waals surface area contributed by atoms with Crippen LogP contribution in [0.15, 0.2) is 24.5 Å². The van der Waals surface area contributed by atoms with E-state index in [2.05, 4.69) is 24.0 Å². The predicted molar refractivity (Wildman–Crippen MR) is 77.3 cm³/mol. The van der Waals surface area contributed by atoms with E-state index in [9.17, 15) is 0 Å². The first-order chi connectivity index (χ1) is 9.21. The summed E-state index contributed by atoms with van der Waals surface area (Å²) < 4.78 is 7.40. The number of benzene rings is 1. The van der Waals surface area contributed by atoms with E-state index in [1.807, 2.05) is 24.0 Å². The van der Waals surface area contributed by atoms with E-state index in [1.165, 1.54) is 11.3 Å². The van der Waals surface area contributed by atoms with Crippen LogP contribution in [0.3, 0.4) is 0 Å². The maximum Gasteiger partial charge on any atom is 0.122 e. The predicted octanol–water partition coefficient (Wildman–Crippen LogP) is 2.16. The molecule has 1 aromatic carbocycles. The Labute approximate surface area is 114 Å². The van der Waals surface area contributed by atoms with Gasteiger partial charge in [-0.15, -0.1) is 0 Å². The highest BCUT2D eigenvalue weighted by Gasteiger charge is 2.12. The molecule has 0 aliphatic carbocycles. The van der Waals surface area contributed by atoms with Crippen molar-refractivity contribution < 1.29 is 4.74 Å². The number of methoxy groups -OCH3 is 1. The Morgan fingerprint density at radius 3 is 2.79 bits per heavy atom. The summed E-state index contributed by atoms with van der Waals surface area (Å²) in [5, 5.41) is 0. The number of nitrogens with zero attached hydrogens (tertiary/aromatic N) is 2. The molecule has 0 spiro atoms. The molecule has 4 nitrogen and oxygen atoms in total. The molecule has 0 saturated carbocycles. The van der Waals surface area contributed by atoms with Gasteiger partial charge in [0.05, 0.1) is 19.1 Å². The molecule has 2 rings (SSSR count). The van der Waals surface area contributed by atoms with Crippen molar-refractivity contribution in [1.82, 2.24) is 9.55 Å². The third kappa shape index (κ3) is 2.63. The highest BCUT2D eigenvalue weighted by Crippen LogP contribution is 2.28. The molecule has 2 N–H and O–H groups in total. The van der Waals surface area contributed by atoms with Crippen LogP contribution < -0.4 is 10.5 Å². The Kier molecular flexibility index (Phi) is 4.22. The lowest BCUT2D eigenvalue weighted by Gasteiger charge is -2.10. The number of ether oxygens (including phenoxy) is 1. The van der Waals surface area contributed by atoms with Crippen molar-refractivity contribution in [1.29, 1.82) is 0 Å². The number of aromatic nitrogens is 2. The molecular formula is C15H21N3O. The molecule has 19 heavy (non-hydrogen) atoms. The highest BCUT2D eigenvalue weighted by atomic mass is 16.5. The van der Waals surface area contributed by atoms with E-state index in [1.54, 1.807) is 7.11 Å². The third-order valence-corrected chi connectivity index (χ3v) is 3.38. The van der Waals surface area contributed by atoms with Crippen molar-refractivity contribution in [2.75, 3.05) is 13.7 Å². The maximum absolute atomic E-state index is 5.68. The van der Waals surface area contributed by atoms with E-state index >= 15 is 0 Å². The zero-order valence-corrected chi connectivity index (χ0v) is 11.8. The summed E-state index contributed by atoms with van der Waals surface area (Å²) in [6.07, 6.45) is 3.62. The van der Waals surface area contributed by atoms with Crippen LogP contribution in [0.25, 0.3) is 11.3 Å². The highest BCUT2D eigenvalue weighted by molar-refractivity contribution is 5.64. The van der Waals surface area contributed by atoms with Crippen molar-refractivity contribution in [2.45, 2.75) is 19.8 Å². The SMILES string of the molecule is CCc1cc(-c2ncn(C)c2CCN)ccc1OC. The second kappa shape index (κ2) is 5.89. The Morgan fingerprint density at radius 2 is 2.16 bits per heavy atom. The van der Waals surface area contributed by atoms with E-state index in [0.717, 1.165) is 29.8 Å². The summed E-state index contributed by atoms with van der Waals surface area (Å²) in [4.78, 5) is 4.50. The third-order valence-electron chi connectivity index (χ3n) is 3.38. The van der Waals surface area contributed by atoms with Crippen LogP contribution in [0.4, 0.5) is 0 Å². The summed E-state index contributed by atoms with van der Waals surface area (Å²) in [5.41, 5.74) is 10.2. The molecule has 0 radical (unpaired) electrons. The van der Waals surface area contributed by atoms with Crippen molar-refractivity contribution in [3.8, 4) is 17.0 Å². The van der Waals surface area contributed by atoms with Gasteiger partial charge in [0.1, 0.15) is 5.75 Å². The quantitative estimate of drug-likeness (QED) is 0.895. The molecule has 4 heteroatoms. The number of hydrogen-bond acceptors (Lipinski definition) is 3. The van der Waals surface area contributed by atoms with Gasteiger partial charge in [-0.3, -0.25) is 0 Å². The Morgan fingerprint density at radius 1 is 1.37 bits per heavy atom. The first-order valence-corrected chi connectivity index (χ1v) is 6.58. The monoisotopic (exact) mass is 259 g/mol. The number of imidazole rings is 1. The lowest BCUT2D eigenvalue weighted by Crippen LogP contribution is -2.07. The molecule has 0 aliphatic heterocycles. The van der Waals surface area contributed by atoms with Gasteiger partial charge in [-0.1, -0.05) is 6.92 Å². The topological polar surface area (TPSA) is 53.1 Å². The number of nitrogens with two attached hydrogens (primary N) is 1. The van der Waals surface area contributed by atoms with E-state index in [0.29, 0.717) is 6.54 Å². The van der Waals surface area contributed by atoms with Gasteiger partial charge in [0.25, 0.3) is 0 Å². The lowest BCUT2D eigenvalue weighted by molar-refractivity contribution is 0.410. The fourth-order valence-corrected chi connectivity index (χ4v) is 2.33. The zero-order chi connectivity index (χ0) is 13.8. The molecule has 102 valence electrons. The number of aryl methyl sites for hydroxylation is 2. The fraction of sp³-hybridized carbons (Fsp3) is 0.400. The molecule has 2 aromatic rings. The number of hydrogen-bond donors (Lipinski definition) is 1. The average molecular weight is 259 g/mol. The van der Waals surface area contributed by atoms with Crippen molar-refractivity contribution in [3.05, 3.63) is 35.8 Å². The molecule has 0 unspecified atom stereocenters. The summed E-state index contributed by atoms with van der Waals surface area (Å²) >= 11 is 0. The second-order valence-electron chi connectivity index (χ2n) is 4.57. The molecule has 0 saturated heterocycles. The van der Waals surface area contributed by atoms with Gasteiger partial charge in [-0.2, -0.15) is 0 Å². The summed E-state index contributed by atoms with van der Waals surface area (Å²) in [6.45, 7) is 2.75. The summed E-state index contributed by atoms with van der Waals surface area (Å²) in [6, 6.07) is 6.22. The van der Waals surface area contributed by atoms with Crippen LogP contribution in [-0.2, 0) is 19.9 Å². The van der Waals surface area contributed by atoms with Gasteiger partial charge in [0.15, 0.2) is 0 Å². The second-order valence-corrected chi connectivity index (χ2v) is 4.57. The zero-order valence-electron chi connectivity index (χ0n) is 11.8. The standard InChI is InChI=1S/C15H21N3O/c1-4-11-9-12(5-6-14(11)19-3)15-13(7-8-16)18(2)10-17-15/h5-6,9-10H,4,7-8,16H2,1-3H3. The smallest absolute Gasteiger partial charge is 0.122 e. The van der Waals surface area contributed by atoms with Crippen LogP contribution in [0.2, 0.25) is 0 Å². The molecule has 0 bridgehead atoms. The van der Waals surface area contributed by atoms with Gasteiger partial charge in [0.2, 0.25) is 0 Å². The average Bonchev–Trinajstić information content (AvgIpc) is 2.80. The maximum atomic E-state index is 5.68. The largest absolute Gasteiger partial charge is 0.496 e. The minimum Gasteiger partial charge on any atom is -0.496 e. The summed E-state index contributed by atoms with van der Waals surface area (Å²) in [7, 11) is 3.71. The minimum atomic E-state index is 0.628. The summed E-state index contributed by atoms with van der Waals surface area (Å²) in [5.74, 6) is 0.933. The van der Waals surface area contributed by atoms with Gasteiger partial charge in [0, 0.05) is 24.7 Å². The first kappa shape index (κ1) is 13.6. The molecular weight excluding hydrogens is 238 g/mol. The Bertz CT molecular complexity index is 561. The first-order valence-electron chi connectivity index (χ1n) is 6.58. The van der Waals surface area contributed by atoms with Gasteiger partial charge >= 0.3 is 0 Å². The normalized spacial score (nSPS) is 10.7. The van der Waals surface area contributed by atoms with Crippen LogP contribution in [-0.4, -0.2) is 23.2 Å². The number of rotatable bonds is 5. The van der Waals surface area contributed by atoms with E-state index in [-0.39, 0.29) is 0 Å². The molecule has 0 amide bonds. The van der Waals surface area contributed by atoms with Crippen LogP contribution in [0, 0.1) is 0 Å². The molecule has 0 atom stereocenters. The van der Waals surface area contributed by atoms with Crippen molar-refractivity contribution in [2.24, 2.45) is 12.8 Å². The Hall–Kier alpha value is -1.81. The van der Waals surface area contributed by atoms with Crippen LogP contribution in [0.1, 0.15) is 18.2 Å². The van der Waals surface area contributed by atoms with Gasteiger partial charge in [-0.05, 0) is 36.7 Å². The van der Waals surface area contributed by atoms with Crippen LogP contribution in [0.5, 0.6) is 5.75 Å². The van der Waals surface area contributed by atoms with Gasteiger partial charge in [-0.25, -0.2) is 4.98 Å². The van der Waals surface area contributed by atoms with Gasteiger partial charge < -0.3 is 15.0 Å². The molecule has 1 aromatic heterocycles. The molecule has 1 heterocycles.